The molecule has 2 heterocycles. The fourth-order valence-corrected chi connectivity index (χ4v) is 2.97. The van der Waals surface area contributed by atoms with Gasteiger partial charge in [-0.3, -0.25) is 10.00 Å². The van der Waals surface area contributed by atoms with Gasteiger partial charge in [0, 0.05) is 25.3 Å². The largest absolute Gasteiger partial charge is 0.396 e. The predicted molar refractivity (Wildman–Crippen MR) is 79.1 cm³/mol. The van der Waals surface area contributed by atoms with Gasteiger partial charge in [-0.05, 0) is 30.9 Å². The number of likely N-dealkylation sites (tertiary alicyclic amines) is 1. The highest BCUT2D eigenvalue weighted by Gasteiger charge is 2.20. The Labute approximate surface area is 119 Å². The summed E-state index contributed by atoms with van der Waals surface area (Å²) >= 11 is 0. The van der Waals surface area contributed by atoms with E-state index in [0.29, 0.717) is 12.5 Å². The van der Waals surface area contributed by atoms with E-state index in [1.165, 1.54) is 17.5 Å². The minimum absolute atomic E-state index is 0.299. The van der Waals surface area contributed by atoms with Crippen molar-refractivity contribution in [1.29, 1.82) is 0 Å². The Hall–Kier alpha value is -1.65. The van der Waals surface area contributed by atoms with Crippen LogP contribution in [0.1, 0.15) is 18.4 Å². The second-order valence-electron chi connectivity index (χ2n) is 5.56. The van der Waals surface area contributed by atoms with Crippen LogP contribution in [0.3, 0.4) is 0 Å². The molecule has 1 aromatic heterocycles. The molecule has 1 unspecified atom stereocenters. The number of aromatic amines is 1. The lowest BCUT2D eigenvalue weighted by Crippen LogP contribution is -2.36. The van der Waals surface area contributed by atoms with E-state index >= 15 is 0 Å². The lowest BCUT2D eigenvalue weighted by atomic mass is 9.98. The molecule has 4 nitrogen and oxygen atoms in total. The van der Waals surface area contributed by atoms with E-state index in [9.17, 15) is 5.11 Å². The maximum absolute atomic E-state index is 9.32. The first kappa shape index (κ1) is 13.3. The first-order chi connectivity index (χ1) is 9.86. The Morgan fingerprint density at radius 2 is 2.15 bits per heavy atom. The van der Waals surface area contributed by atoms with Gasteiger partial charge in [0.1, 0.15) is 0 Å². The van der Waals surface area contributed by atoms with Crippen LogP contribution in [0.4, 0.5) is 0 Å². The number of aromatic nitrogens is 2. The molecule has 1 aromatic carbocycles. The number of nitrogens with zero attached hydrogens (tertiary/aromatic N) is 2. The van der Waals surface area contributed by atoms with Gasteiger partial charge in [-0.15, -0.1) is 0 Å². The summed E-state index contributed by atoms with van der Waals surface area (Å²) in [5, 5.41) is 16.6. The van der Waals surface area contributed by atoms with Gasteiger partial charge in [0.15, 0.2) is 0 Å². The molecule has 1 aliphatic rings. The van der Waals surface area contributed by atoms with Crippen molar-refractivity contribution in [3.63, 3.8) is 0 Å². The molecule has 2 N–H and O–H groups in total. The van der Waals surface area contributed by atoms with E-state index in [-0.39, 0.29) is 0 Å². The Balaban J connectivity index is 1.74. The zero-order valence-electron chi connectivity index (χ0n) is 11.6. The van der Waals surface area contributed by atoms with Crippen molar-refractivity contribution < 1.29 is 5.11 Å². The summed E-state index contributed by atoms with van der Waals surface area (Å²) in [6, 6.07) is 10.3. The Bertz CT molecular complexity index is 538. The maximum atomic E-state index is 9.32. The molecule has 0 amide bonds. The van der Waals surface area contributed by atoms with Gasteiger partial charge in [-0.2, -0.15) is 5.10 Å². The normalized spacial score (nSPS) is 20.1. The van der Waals surface area contributed by atoms with E-state index < -0.39 is 0 Å². The first-order valence-electron chi connectivity index (χ1n) is 7.27. The molecular weight excluding hydrogens is 250 g/mol. The summed E-state index contributed by atoms with van der Waals surface area (Å²) in [6.07, 6.45) is 4.23. The Morgan fingerprint density at radius 3 is 2.95 bits per heavy atom. The van der Waals surface area contributed by atoms with Crippen molar-refractivity contribution in [3.05, 3.63) is 42.1 Å². The van der Waals surface area contributed by atoms with Crippen LogP contribution in [0, 0.1) is 5.92 Å². The van der Waals surface area contributed by atoms with Crippen LogP contribution in [0.15, 0.2) is 36.5 Å². The van der Waals surface area contributed by atoms with Crippen molar-refractivity contribution in [1.82, 2.24) is 15.1 Å². The minimum atomic E-state index is 0.299. The molecular formula is C16H21N3O. The fraction of sp³-hybridized carbons (Fsp3) is 0.438. The van der Waals surface area contributed by atoms with Gasteiger partial charge in [0.25, 0.3) is 0 Å². The van der Waals surface area contributed by atoms with E-state index in [1.807, 2.05) is 24.4 Å². The number of aliphatic hydroxyl groups excluding tert-OH is 1. The predicted octanol–water partition coefficient (Wildman–Crippen LogP) is 2.28. The van der Waals surface area contributed by atoms with Gasteiger partial charge in [-0.25, -0.2) is 0 Å². The summed E-state index contributed by atoms with van der Waals surface area (Å²) in [7, 11) is 0. The molecule has 1 atom stereocenters. The van der Waals surface area contributed by atoms with Crippen molar-refractivity contribution in [3.8, 4) is 11.3 Å². The first-order valence-corrected chi connectivity index (χ1v) is 7.27. The highest BCUT2D eigenvalue weighted by atomic mass is 16.3. The van der Waals surface area contributed by atoms with Crippen LogP contribution < -0.4 is 0 Å². The van der Waals surface area contributed by atoms with Gasteiger partial charge in [-0.1, -0.05) is 30.3 Å². The molecule has 1 fully saturated rings. The number of H-pyrrole nitrogens is 1. The van der Waals surface area contributed by atoms with Gasteiger partial charge >= 0.3 is 0 Å². The van der Waals surface area contributed by atoms with Crippen LogP contribution in [0.25, 0.3) is 11.3 Å². The van der Waals surface area contributed by atoms with E-state index in [1.54, 1.807) is 0 Å². The summed E-state index contributed by atoms with van der Waals surface area (Å²) < 4.78 is 0. The van der Waals surface area contributed by atoms with Crippen LogP contribution in [0.5, 0.6) is 0 Å². The number of hydrogen-bond acceptors (Lipinski definition) is 3. The molecule has 2 aromatic rings. The van der Waals surface area contributed by atoms with Crippen molar-refractivity contribution >= 4 is 0 Å². The molecule has 3 rings (SSSR count). The van der Waals surface area contributed by atoms with Crippen LogP contribution in [0.2, 0.25) is 0 Å². The second kappa shape index (κ2) is 6.20. The fourth-order valence-electron chi connectivity index (χ4n) is 2.97. The molecule has 0 aliphatic carbocycles. The van der Waals surface area contributed by atoms with Crippen molar-refractivity contribution in [2.75, 3.05) is 19.7 Å². The summed E-state index contributed by atoms with van der Waals surface area (Å²) in [4.78, 5) is 2.42. The third kappa shape index (κ3) is 2.92. The monoisotopic (exact) mass is 271 g/mol. The molecule has 4 heteroatoms. The molecule has 0 radical (unpaired) electrons. The third-order valence-corrected chi connectivity index (χ3v) is 4.04. The number of rotatable bonds is 4. The highest BCUT2D eigenvalue weighted by molar-refractivity contribution is 5.62. The molecule has 20 heavy (non-hydrogen) atoms. The molecule has 1 saturated heterocycles. The van der Waals surface area contributed by atoms with Gasteiger partial charge in [0.2, 0.25) is 0 Å². The lowest BCUT2D eigenvalue weighted by Gasteiger charge is -2.31. The van der Waals surface area contributed by atoms with Gasteiger partial charge < -0.3 is 5.11 Å². The second-order valence-corrected chi connectivity index (χ2v) is 5.56. The summed E-state index contributed by atoms with van der Waals surface area (Å²) in [5.74, 6) is 0.427. The third-order valence-electron chi connectivity index (χ3n) is 4.04. The molecule has 0 saturated carbocycles. The molecule has 0 bridgehead atoms. The topological polar surface area (TPSA) is 52.1 Å². The number of piperidine rings is 1. The number of aliphatic hydroxyl groups is 1. The standard InChI is InChI=1S/C16H21N3O/c20-12-13-5-4-8-19(10-13)11-15-9-17-18-16(15)14-6-2-1-3-7-14/h1-3,6-7,9,13,20H,4-5,8,10-12H2,(H,17,18). The van der Waals surface area contributed by atoms with Crippen molar-refractivity contribution in [2.45, 2.75) is 19.4 Å². The summed E-state index contributed by atoms with van der Waals surface area (Å²) in [6.45, 7) is 3.29. The molecule has 1 aliphatic heterocycles. The maximum Gasteiger partial charge on any atom is 0.0695 e. The Morgan fingerprint density at radius 1 is 1.30 bits per heavy atom. The van der Waals surface area contributed by atoms with Gasteiger partial charge in [0.05, 0.1) is 11.9 Å². The number of benzene rings is 1. The van der Waals surface area contributed by atoms with E-state index in [4.69, 9.17) is 0 Å². The average molecular weight is 271 g/mol. The Kier molecular flexibility index (Phi) is 4.14. The van der Waals surface area contributed by atoms with Crippen molar-refractivity contribution in [2.24, 2.45) is 5.92 Å². The quantitative estimate of drug-likeness (QED) is 0.897. The minimum Gasteiger partial charge on any atom is -0.396 e. The lowest BCUT2D eigenvalue weighted by molar-refractivity contribution is 0.116. The van der Waals surface area contributed by atoms with Crippen LogP contribution in [-0.2, 0) is 6.54 Å². The van der Waals surface area contributed by atoms with E-state index in [0.717, 1.165) is 31.7 Å². The highest BCUT2D eigenvalue weighted by Crippen LogP contribution is 2.24. The summed E-state index contributed by atoms with van der Waals surface area (Å²) in [5.41, 5.74) is 3.52. The smallest absolute Gasteiger partial charge is 0.0695 e. The van der Waals surface area contributed by atoms with E-state index in [2.05, 4.69) is 27.2 Å². The molecule has 106 valence electrons. The number of hydrogen-bond donors (Lipinski definition) is 2. The SMILES string of the molecule is OCC1CCCN(Cc2cn[nH]c2-c2ccccc2)C1. The molecule has 0 spiro atoms. The zero-order chi connectivity index (χ0) is 13.8. The number of nitrogens with one attached hydrogen (secondary N) is 1. The zero-order valence-corrected chi connectivity index (χ0v) is 11.6. The average Bonchev–Trinajstić information content (AvgIpc) is 2.96. The van der Waals surface area contributed by atoms with Crippen LogP contribution >= 0.6 is 0 Å². The van der Waals surface area contributed by atoms with Crippen LogP contribution in [-0.4, -0.2) is 39.9 Å².